The van der Waals surface area contributed by atoms with E-state index in [9.17, 15) is 9.59 Å². The van der Waals surface area contributed by atoms with Gasteiger partial charge >= 0.3 is 0 Å². The van der Waals surface area contributed by atoms with Crippen LogP contribution in [0, 0.1) is 0 Å². The van der Waals surface area contributed by atoms with Gasteiger partial charge in [0.2, 0.25) is 5.91 Å². The summed E-state index contributed by atoms with van der Waals surface area (Å²) >= 11 is 13.4. The standard InChI is InChI=1S/C17H16Cl2N2O2S/c1-2-20-17(23)11-5-3-6-12(9-11)21-15(22)10-24-16-13(18)7-4-8-14(16)19/h3-9H,2,10H2,1H3,(H,20,23)(H,21,22). The molecule has 126 valence electrons. The number of amides is 2. The molecule has 0 spiro atoms. The van der Waals surface area contributed by atoms with Crippen molar-refractivity contribution in [2.75, 3.05) is 17.6 Å². The Morgan fingerprint density at radius 1 is 1.08 bits per heavy atom. The summed E-state index contributed by atoms with van der Waals surface area (Å²) in [6, 6.07) is 12.0. The van der Waals surface area contributed by atoms with Crippen LogP contribution in [0.4, 0.5) is 5.69 Å². The number of hydrogen-bond acceptors (Lipinski definition) is 3. The smallest absolute Gasteiger partial charge is 0.251 e. The summed E-state index contributed by atoms with van der Waals surface area (Å²) in [5.74, 6) is -0.218. The van der Waals surface area contributed by atoms with Gasteiger partial charge in [0.25, 0.3) is 5.91 Å². The van der Waals surface area contributed by atoms with E-state index in [-0.39, 0.29) is 17.6 Å². The number of carbonyl (C=O) groups excluding carboxylic acids is 2. The lowest BCUT2D eigenvalue weighted by Gasteiger charge is -2.09. The third kappa shape index (κ3) is 5.16. The molecule has 0 saturated carbocycles. The van der Waals surface area contributed by atoms with Gasteiger partial charge in [-0.15, -0.1) is 11.8 Å². The monoisotopic (exact) mass is 382 g/mol. The minimum atomic E-state index is -0.205. The second-order valence-electron chi connectivity index (χ2n) is 4.83. The van der Waals surface area contributed by atoms with E-state index in [1.165, 1.54) is 11.8 Å². The minimum Gasteiger partial charge on any atom is -0.352 e. The summed E-state index contributed by atoms with van der Waals surface area (Å²) in [5, 5.41) is 6.50. The highest BCUT2D eigenvalue weighted by molar-refractivity contribution is 8.00. The first kappa shape index (κ1) is 18.6. The van der Waals surface area contributed by atoms with Gasteiger partial charge in [0.1, 0.15) is 0 Å². The molecule has 0 aromatic heterocycles. The number of benzene rings is 2. The molecule has 0 radical (unpaired) electrons. The fourth-order valence-electron chi connectivity index (χ4n) is 1.96. The molecule has 0 bridgehead atoms. The van der Waals surface area contributed by atoms with Crippen LogP contribution in [0.2, 0.25) is 10.0 Å². The quantitative estimate of drug-likeness (QED) is 0.724. The zero-order chi connectivity index (χ0) is 17.5. The van der Waals surface area contributed by atoms with Gasteiger partial charge in [-0.05, 0) is 37.3 Å². The second-order valence-corrected chi connectivity index (χ2v) is 6.63. The van der Waals surface area contributed by atoms with Crippen LogP contribution in [0.25, 0.3) is 0 Å². The minimum absolute atomic E-state index is 0.162. The van der Waals surface area contributed by atoms with E-state index in [1.807, 2.05) is 6.92 Å². The van der Waals surface area contributed by atoms with Crippen molar-refractivity contribution in [1.82, 2.24) is 5.32 Å². The van der Waals surface area contributed by atoms with Gasteiger partial charge in [-0.1, -0.05) is 35.3 Å². The topological polar surface area (TPSA) is 58.2 Å². The zero-order valence-corrected chi connectivity index (χ0v) is 15.3. The van der Waals surface area contributed by atoms with Crippen LogP contribution in [0.5, 0.6) is 0 Å². The Bertz CT molecular complexity index is 733. The molecule has 2 N–H and O–H groups in total. The van der Waals surface area contributed by atoms with Gasteiger partial charge < -0.3 is 10.6 Å². The molecule has 0 atom stereocenters. The van der Waals surface area contributed by atoms with Gasteiger partial charge in [0.15, 0.2) is 0 Å². The first-order valence-corrected chi connectivity index (χ1v) is 9.00. The van der Waals surface area contributed by atoms with E-state index in [2.05, 4.69) is 10.6 Å². The molecular weight excluding hydrogens is 367 g/mol. The summed E-state index contributed by atoms with van der Waals surface area (Å²) in [5.41, 5.74) is 1.06. The van der Waals surface area contributed by atoms with Crippen molar-refractivity contribution in [3.05, 3.63) is 58.1 Å². The molecule has 24 heavy (non-hydrogen) atoms. The lowest BCUT2D eigenvalue weighted by molar-refractivity contribution is -0.113. The van der Waals surface area contributed by atoms with E-state index < -0.39 is 0 Å². The average Bonchev–Trinajstić information content (AvgIpc) is 2.55. The Labute approximate surface area is 154 Å². The highest BCUT2D eigenvalue weighted by Crippen LogP contribution is 2.33. The molecule has 0 aliphatic heterocycles. The molecule has 2 aromatic carbocycles. The Kier molecular flexibility index (Phi) is 6.97. The van der Waals surface area contributed by atoms with Crippen LogP contribution in [0.3, 0.4) is 0 Å². The highest BCUT2D eigenvalue weighted by atomic mass is 35.5. The molecule has 0 heterocycles. The Hall–Kier alpha value is -1.69. The number of thioether (sulfide) groups is 1. The van der Waals surface area contributed by atoms with Gasteiger partial charge in [-0.25, -0.2) is 0 Å². The number of anilines is 1. The summed E-state index contributed by atoms with van der Waals surface area (Å²) in [6.45, 7) is 2.39. The van der Waals surface area contributed by atoms with E-state index in [0.29, 0.717) is 32.7 Å². The van der Waals surface area contributed by atoms with E-state index in [1.54, 1.807) is 42.5 Å². The van der Waals surface area contributed by atoms with Crippen molar-refractivity contribution in [2.24, 2.45) is 0 Å². The molecule has 7 heteroatoms. The highest BCUT2D eigenvalue weighted by Gasteiger charge is 2.10. The number of nitrogens with one attached hydrogen (secondary N) is 2. The lowest BCUT2D eigenvalue weighted by atomic mass is 10.2. The van der Waals surface area contributed by atoms with E-state index in [0.717, 1.165) is 0 Å². The first-order valence-electron chi connectivity index (χ1n) is 7.26. The molecule has 2 amide bonds. The van der Waals surface area contributed by atoms with Crippen molar-refractivity contribution in [3.8, 4) is 0 Å². The van der Waals surface area contributed by atoms with Crippen LogP contribution in [0.1, 0.15) is 17.3 Å². The fourth-order valence-corrected chi connectivity index (χ4v) is 3.44. The first-order chi connectivity index (χ1) is 11.5. The van der Waals surface area contributed by atoms with E-state index in [4.69, 9.17) is 23.2 Å². The van der Waals surface area contributed by atoms with Crippen molar-refractivity contribution >= 4 is 52.5 Å². The van der Waals surface area contributed by atoms with Crippen molar-refractivity contribution in [1.29, 1.82) is 0 Å². The maximum absolute atomic E-state index is 12.1. The molecule has 0 saturated heterocycles. The zero-order valence-electron chi connectivity index (χ0n) is 12.9. The average molecular weight is 383 g/mol. The second kappa shape index (κ2) is 8.97. The third-order valence-electron chi connectivity index (χ3n) is 3.01. The number of carbonyl (C=O) groups is 2. The van der Waals surface area contributed by atoms with Crippen LogP contribution in [-0.4, -0.2) is 24.1 Å². The summed E-state index contributed by atoms with van der Waals surface area (Å²) in [7, 11) is 0. The molecule has 2 rings (SSSR count). The van der Waals surface area contributed by atoms with Gasteiger partial charge in [-0.3, -0.25) is 9.59 Å². The SMILES string of the molecule is CCNC(=O)c1cccc(NC(=O)CSc2c(Cl)cccc2Cl)c1. The van der Waals surface area contributed by atoms with Gasteiger partial charge in [0, 0.05) is 22.7 Å². The third-order valence-corrected chi connectivity index (χ3v) is 5.00. The van der Waals surface area contributed by atoms with Crippen molar-refractivity contribution < 1.29 is 9.59 Å². The number of hydrogen-bond donors (Lipinski definition) is 2. The maximum atomic E-state index is 12.1. The van der Waals surface area contributed by atoms with E-state index >= 15 is 0 Å². The Morgan fingerprint density at radius 2 is 1.75 bits per heavy atom. The van der Waals surface area contributed by atoms with Crippen LogP contribution < -0.4 is 10.6 Å². The predicted octanol–water partition coefficient (Wildman–Crippen LogP) is 4.47. The maximum Gasteiger partial charge on any atom is 0.251 e. The number of rotatable bonds is 6. The molecule has 4 nitrogen and oxygen atoms in total. The molecule has 0 aliphatic rings. The summed E-state index contributed by atoms with van der Waals surface area (Å²) < 4.78 is 0. The molecule has 0 unspecified atom stereocenters. The van der Waals surface area contributed by atoms with Crippen molar-refractivity contribution in [3.63, 3.8) is 0 Å². The molecular formula is C17H16Cl2N2O2S. The largest absolute Gasteiger partial charge is 0.352 e. The molecule has 2 aromatic rings. The Balaban J connectivity index is 1.97. The van der Waals surface area contributed by atoms with Crippen molar-refractivity contribution in [2.45, 2.75) is 11.8 Å². The summed E-state index contributed by atoms with van der Waals surface area (Å²) in [6.07, 6.45) is 0. The summed E-state index contributed by atoms with van der Waals surface area (Å²) in [4.78, 5) is 24.6. The van der Waals surface area contributed by atoms with Crippen LogP contribution >= 0.6 is 35.0 Å². The fraction of sp³-hybridized carbons (Fsp3) is 0.176. The normalized spacial score (nSPS) is 10.3. The van der Waals surface area contributed by atoms with Gasteiger partial charge in [-0.2, -0.15) is 0 Å². The predicted molar refractivity (Wildman–Crippen MR) is 100 cm³/mol. The molecule has 0 aliphatic carbocycles. The lowest BCUT2D eigenvalue weighted by Crippen LogP contribution is -2.23. The van der Waals surface area contributed by atoms with Crippen LogP contribution in [-0.2, 0) is 4.79 Å². The molecule has 0 fully saturated rings. The number of halogens is 2. The Morgan fingerprint density at radius 3 is 2.42 bits per heavy atom. The van der Waals surface area contributed by atoms with Gasteiger partial charge in [0.05, 0.1) is 15.8 Å². The van der Waals surface area contributed by atoms with Crippen LogP contribution in [0.15, 0.2) is 47.4 Å².